The SMILES string of the molecule is O=S1(=O)CCCN1CCNc1ccc(Br)cn1. The van der Waals surface area contributed by atoms with Gasteiger partial charge in [0.1, 0.15) is 5.82 Å². The summed E-state index contributed by atoms with van der Waals surface area (Å²) in [7, 11) is -2.98. The zero-order chi connectivity index (χ0) is 12.3. The van der Waals surface area contributed by atoms with Crippen LogP contribution in [0.1, 0.15) is 6.42 Å². The molecule has 17 heavy (non-hydrogen) atoms. The lowest BCUT2D eigenvalue weighted by atomic mass is 10.4. The van der Waals surface area contributed by atoms with Crippen LogP contribution in [0.25, 0.3) is 0 Å². The molecule has 1 aromatic heterocycles. The number of anilines is 1. The van der Waals surface area contributed by atoms with E-state index >= 15 is 0 Å². The van der Waals surface area contributed by atoms with Gasteiger partial charge in [-0.25, -0.2) is 17.7 Å². The molecule has 1 N–H and O–H groups in total. The average molecular weight is 320 g/mol. The zero-order valence-corrected chi connectivity index (χ0v) is 11.7. The summed E-state index contributed by atoms with van der Waals surface area (Å²) >= 11 is 3.30. The Morgan fingerprint density at radius 1 is 1.47 bits per heavy atom. The van der Waals surface area contributed by atoms with E-state index in [2.05, 4.69) is 26.2 Å². The lowest BCUT2D eigenvalue weighted by Gasteiger charge is -2.14. The normalized spacial score (nSPS) is 19.4. The Hall–Kier alpha value is -0.660. The summed E-state index contributed by atoms with van der Waals surface area (Å²) in [5, 5.41) is 3.10. The second-order valence-electron chi connectivity index (χ2n) is 3.86. The molecule has 2 heterocycles. The van der Waals surface area contributed by atoms with E-state index in [4.69, 9.17) is 0 Å². The average Bonchev–Trinajstić information content (AvgIpc) is 2.61. The molecule has 0 aliphatic carbocycles. The summed E-state index contributed by atoms with van der Waals surface area (Å²) in [5.41, 5.74) is 0. The van der Waals surface area contributed by atoms with Gasteiger partial charge in [-0.05, 0) is 34.5 Å². The Kier molecular flexibility index (Phi) is 4.01. The van der Waals surface area contributed by atoms with Crippen molar-refractivity contribution < 1.29 is 8.42 Å². The molecule has 2 rings (SSSR count). The zero-order valence-electron chi connectivity index (χ0n) is 9.26. The monoisotopic (exact) mass is 319 g/mol. The van der Waals surface area contributed by atoms with Gasteiger partial charge in [0.05, 0.1) is 5.75 Å². The molecule has 0 aromatic carbocycles. The van der Waals surface area contributed by atoms with Crippen LogP contribution in [0.4, 0.5) is 5.82 Å². The van der Waals surface area contributed by atoms with Crippen molar-refractivity contribution in [2.24, 2.45) is 0 Å². The third-order valence-corrected chi connectivity index (χ3v) is 5.02. The summed E-state index contributed by atoms with van der Waals surface area (Å²) in [6, 6.07) is 3.74. The van der Waals surface area contributed by atoms with Crippen LogP contribution in [0.2, 0.25) is 0 Å². The Morgan fingerprint density at radius 3 is 2.88 bits per heavy atom. The molecular formula is C10H14BrN3O2S. The van der Waals surface area contributed by atoms with Gasteiger partial charge in [-0.15, -0.1) is 0 Å². The Bertz CT molecular complexity index is 475. The molecular weight excluding hydrogens is 306 g/mol. The van der Waals surface area contributed by atoms with Crippen molar-refractivity contribution >= 4 is 31.8 Å². The standard InChI is InChI=1S/C10H14BrN3O2S/c11-9-2-3-10(13-8-9)12-4-6-14-5-1-7-17(14,15)16/h2-3,8H,1,4-7H2,(H,12,13). The first kappa shape index (κ1) is 12.8. The van der Waals surface area contributed by atoms with Gasteiger partial charge in [0.25, 0.3) is 0 Å². The predicted molar refractivity (Wildman–Crippen MR) is 70.4 cm³/mol. The lowest BCUT2D eigenvalue weighted by Crippen LogP contribution is -2.30. The van der Waals surface area contributed by atoms with Gasteiger partial charge >= 0.3 is 0 Å². The minimum atomic E-state index is -2.98. The molecule has 0 unspecified atom stereocenters. The van der Waals surface area contributed by atoms with Gasteiger partial charge in [0.15, 0.2) is 0 Å². The number of hydrogen-bond acceptors (Lipinski definition) is 4. The summed E-state index contributed by atoms with van der Waals surface area (Å²) in [6.45, 7) is 1.71. The Morgan fingerprint density at radius 2 is 2.29 bits per heavy atom. The van der Waals surface area contributed by atoms with Gasteiger partial charge in [0, 0.05) is 30.3 Å². The molecule has 1 aliphatic rings. The minimum absolute atomic E-state index is 0.281. The number of halogens is 1. The van der Waals surface area contributed by atoms with E-state index in [-0.39, 0.29) is 5.75 Å². The van der Waals surface area contributed by atoms with Crippen molar-refractivity contribution in [3.63, 3.8) is 0 Å². The molecule has 1 fully saturated rings. The molecule has 5 nitrogen and oxygen atoms in total. The number of nitrogens with one attached hydrogen (secondary N) is 1. The van der Waals surface area contributed by atoms with Crippen molar-refractivity contribution in [2.45, 2.75) is 6.42 Å². The van der Waals surface area contributed by atoms with Crippen molar-refractivity contribution in [3.05, 3.63) is 22.8 Å². The van der Waals surface area contributed by atoms with E-state index in [0.29, 0.717) is 19.6 Å². The first-order chi connectivity index (χ1) is 8.08. The third kappa shape index (κ3) is 3.40. The molecule has 7 heteroatoms. The first-order valence-corrected chi connectivity index (χ1v) is 7.81. The fourth-order valence-electron chi connectivity index (χ4n) is 1.73. The van der Waals surface area contributed by atoms with Crippen molar-refractivity contribution in [1.29, 1.82) is 0 Å². The maximum absolute atomic E-state index is 11.5. The maximum Gasteiger partial charge on any atom is 0.214 e. The molecule has 94 valence electrons. The molecule has 0 radical (unpaired) electrons. The fourth-order valence-corrected chi connectivity index (χ4v) is 3.49. The number of aromatic nitrogens is 1. The van der Waals surface area contributed by atoms with Crippen LogP contribution in [0, 0.1) is 0 Å². The van der Waals surface area contributed by atoms with Crippen molar-refractivity contribution in [2.75, 3.05) is 30.7 Å². The molecule has 0 amide bonds. The molecule has 1 aliphatic heterocycles. The van der Waals surface area contributed by atoms with Gasteiger partial charge in [-0.3, -0.25) is 0 Å². The van der Waals surface area contributed by atoms with E-state index in [1.807, 2.05) is 12.1 Å². The minimum Gasteiger partial charge on any atom is -0.369 e. The fraction of sp³-hybridized carbons (Fsp3) is 0.500. The predicted octanol–water partition coefficient (Wildman–Crippen LogP) is 1.29. The highest BCUT2D eigenvalue weighted by Crippen LogP contribution is 2.13. The summed E-state index contributed by atoms with van der Waals surface area (Å²) in [4.78, 5) is 4.15. The highest BCUT2D eigenvalue weighted by atomic mass is 79.9. The first-order valence-electron chi connectivity index (χ1n) is 5.41. The summed E-state index contributed by atoms with van der Waals surface area (Å²) in [5.74, 6) is 1.04. The number of sulfonamides is 1. The second kappa shape index (κ2) is 5.32. The van der Waals surface area contributed by atoms with Gasteiger partial charge in [-0.2, -0.15) is 0 Å². The van der Waals surface area contributed by atoms with Crippen LogP contribution in [-0.4, -0.2) is 43.1 Å². The van der Waals surface area contributed by atoms with E-state index in [9.17, 15) is 8.42 Å². The third-order valence-electron chi connectivity index (χ3n) is 2.60. The van der Waals surface area contributed by atoms with E-state index in [1.165, 1.54) is 4.31 Å². The van der Waals surface area contributed by atoms with Crippen LogP contribution >= 0.6 is 15.9 Å². The van der Waals surface area contributed by atoms with Gasteiger partial charge in [-0.1, -0.05) is 0 Å². The smallest absolute Gasteiger partial charge is 0.214 e. The van der Waals surface area contributed by atoms with Crippen LogP contribution < -0.4 is 5.32 Å². The Labute approximate surface area is 109 Å². The Balaban J connectivity index is 1.82. The van der Waals surface area contributed by atoms with Crippen LogP contribution in [0.5, 0.6) is 0 Å². The maximum atomic E-state index is 11.5. The van der Waals surface area contributed by atoms with E-state index in [0.717, 1.165) is 16.7 Å². The van der Waals surface area contributed by atoms with Crippen LogP contribution in [-0.2, 0) is 10.0 Å². The second-order valence-corrected chi connectivity index (χ2v) is 6.86. The molecule has 1 saturated heterocycles. The van der Waals surface area contributed by atoms with Crippen molar-refractivity contribution in [1.82, 2.24) is 9.29 Å². The summed E-state index contributed by atoms with van der Waals surface area (Å²) < 4.78 is 25.5. The van der Waals surface area contributed by atoms with Gasteiger partial charge in [0.2, 0.25) is 10.0 Å². The van der Waals surface area contributed by atoms with Crippen molar-refractivity contribution in [3.8, 4) is 0 Å². The number of rotatable bonds is 4. The highest BCUT2D eigenvalue weighted by molar-refractivity contribution is 9.10. The van der Waals surface area contributed by atoms with E-state index in [1.54, 1.807) is 6.20 Å². The number of nitrogens with zero attached hydrogens (tertiary/aromatic N) is 2. The molecule has 0 atom stereocenters. The largest absolute Gasteiger partial charge is 0.369 e. The van der Waals surface area contributed by atoms with Gasteiger partial charge < -0.3 is 5.32 Å². The lowest BCUT2D eigenvalue weighted by molar-refractivity contribution is 0.456. The van der Waals surface area contributed by atoms with Crippen LogP contribution in [0.15, 0.2) is 22.8 Å². The summed E-state index contributed by atoms with van der Waals surface area (Å²) in [6.07, 6.45) is 2.44. The topological polar surface area (TPSA) is 62.3 Å². The number of pyridine rings is 1. The molecule has 1 aromatic rings. The molecule has 0 saturated carbocycles. The quantitative estimate of drug-likeness (QED) is 0.908. The van der Waals surface area contributed by atoms with Crippen LogP contribution in [0.3, 0.4) is 0 Å². The highest BCUT2D eigenvalue weighted by Gasteiger charge is 2.27. The molecule has 0 spiro atoms. The number of hydrogen-bond donors (Lipinski definition) is 1. The molecule has 0 bridgehead atoms. The van der Waals surface area contributed by atoms with E-state index < -0.39 is 10.0 Å².